The SMILES string of the molecule is Cc1occc1C(=O)N1C[C@@H](C(=O)Nc2ccccc2)C2(CCOCC2)C1. The number of nitrogens with zero attached hydrogens (tertiary/aromatic N) is 1. The molecular formula is C21H24N2O4. The number of anilines is 1. The zero-order valence-electron chi connectivity index (χ0n) is 15.4. The molecule has 2 amide bonds. The molecule has 0 radical (unpaired) electrons. The summed E-state index contributed by atoms with van der Waals surface area (Å²) in [6.07, 6.45) is 3.10. The lowest BCUT2D eigenvalue weighted by Gasteiger charge is -2.37. The summed E-state index contributed by atoms with van der Waals surface area (Å²) in [5.74, 6) is 0.264. The van der Waals surface area contributed by atoms with Crippen molar-refractivity contribution in [2.24, 2.45) is 11.3 Å². The molecule has 2 saturated heterocycles. The Balaban J connectivity index is 1.57. The van der Waals surface area contributed by atoms with Crippen LogP contribution in [0.15, 0.2) is 47.1 Å². The van der Waals surface area contributed by atoms with E-state index in [4.69, 9.17) is 9.15 Å². The Morgan fingerprint density at radius 2 is 1.89 bits per heavy atom. The Labute approximate surface area is 158 Å². The Kier molecular flexibility index (Phi) is 4.74. The molecule has 0 bridgehead atoms. The Morgan fingerprint density at radius 3 is 2.56 bits per heavy atom. The van der Waals surface area contributed by atoms with Gasteiger partial charge in [-0.2, -0.15) is 0 Å². The number of furan rings is 1. The van der Waals surface area contributed by atoms with E-state index in [-0.39, 0.29) is 23.1 Å². The first kappa shape index (κ1) is 17.8. The van der Waals surface area contributed by atoms with Crippen LogP contribution in [0.4, 0.5) is 5.69 Å². The molecule has 1 aromatic heterocycles. The largest absolute Gasteiger partial charge is 0.469 e. The molecule has 1 aromatic carbocycles. The molecular weight excluding hydrogens is 344 g/mol. The first-order chi connectivity index (χ1) is 13.1. The summed E-state index contributed by atoms with van der Waals surface area (Å²) >= 11 is 0. The smallest absolute Gasteiger partial charge is 0.257 e. The van der Waals surface area contributed by atoms with Crippen LogP contribution in [0.2, 0.25) is 0 Å². The number of aryl methyl sites for hydroxylation is 1. The van der Waals surface area contributed by atoms with Crippen LogP contribution < -0.4 is 5.32 Å². The van der Waals surface area contributed by atoms with Crippen LogP contribution in [0, 0.1) is 18.3 Å². The quantitative estimate of drug-likeness (QED) is 0.904. The number of benzene rings is 1. The number of ether oxygens (including phenoxy) is 1. The van der Waals surface area contributed by atoms with Crippen molar-refractivity contribution < 1.29 is 18.7 Å². The lowest BCUT2D eigenvalue weighted by Crippen LogP contribution is -2.42. The van der Waals surface area contributed by atoms with Gasteiger partial charge in [-0.1, -0.05) is 18.2 Å². The van der Waals surface area contributed by atoms with Gasteiger partial charge in [0.1, 0.15) is 5.76 Å². The fourth-order valence-corrected chi connectivity index (χ4v) is 4.30. The number of rotatable bonds is 3. The Morgan fingerprint density at radius 1 is 1.15 bits per heavy atom. The molecule has 6 heteroatoms. The lowest BCUT2D eigenvalue weighted by atomic mass is 9.71. The minimum absolute atomic E-state index is 0.0256. The van der Waals surface area contributed by atoms with Crippen molar-refractivity contribution in [3.8, 4) is 0 Å². The third-order valence-corrected chi connectivity index (χ3v) is 5.87. The first-order valence-electron chi connectivity index (χ1n) is 9.36. The van der Waals surface area contributed by atoms with Gasteiger partial charge in [0.2, 0.25) is 5.91 Å². The summed E-state index contributed by atoms with van der Waals surface area (Å²) in [5.41, 5.74) is 1.12. The standard InChI is InChI=1S/C21H24N2O4/c1-15-17(7-10-27-15)20(25)23-13-18(21(14-23)8-11-26-12-9-21)19(24)22-16-5-3-2-4-6-16/h2-7,10,18H,8-9,11-14H2,1H3,(H,22,24)/t18-/m0/s1. The topological polar surface area (TPSA) is 71.8 Å². The summed E-state index contributed by atoms with van der Waals surface area (Å²) < 4.78 is 10.8. The monoisotopic (exact) mass is 368 g/mol. The number of hydrogen-bond donors (Lipinski definition) is 1. The molecule has 6 nitrogen and oxygen atoms in total. The van der Waals surface area contributed by atoms with E-state index >= 15 is 0 Å². The molecule has 4 rings (SSSR count). The van der Waals surface area contributed by atoms with E-state index in [1.807, 2.05) is 30.3 Å². The fraction of sp³-hybridized carbons (Fsp3) is 0.429. The number of para-hydroxylation sites is 1. The highest BCUT2D eigenvalue weighted by Crippen LogP contribution is 2.45. The Bertz CT molecular complexity index is 824. The maximum absolute atomic E-state index is 13.1. The van der Waals surface area contributed by atoms with Gasteiger partial charge in [0.15, 0.2) is 0 Å². The number of nitrogens with one attached hydrogen (secondary N) is 1. The normalized spacial score (nSPS) is 21.4. The van der Waals surface area contributed by atoms with E-state index < -0.39 is 0 Å². The van der Waals surface area contributed by atoms with Crippen LogP contribution in [0.3, 0.4) is 0 Å². The molecule has 2 aliphatic heterocycles. The van der Waals surface area contributed by atoms with Gasteiger partial charge in [0, 0.05) is 37.4 Å². The molecule has 3 heterocycles. The first-order valence-corrected chi connectivity index (χ1v) is 9.36. The molecule has 1 spiro atoms. The zero-order chi connectivity index (χ0) is 18.9. The van der Waals surface area contributed by atoms with Gasteiger partial charge >= 0.3 is 0 Å². The number of carbonyl (C=O) groups is 2. The van der Waals surface area contributed by atoms with Crippen molar-refractivity contribution in [1.29, 1.82) is 0 Å². The number of likely N-dealkylation sites (tertiary alicyclic amines) is 1. The second kappa shape index (κ2) is 7.19. The number of carbonyl (C=O) groups excluding carboxylic acids is 2. The van der Waals surface area contributed by atoms with Crippen molar-refractivity contribution in [3.05, 3.63) is 54.0 Å². The van der Waals surface area contributed by atoms with Crippen LogP contribution in [0.25, 0.3) is 0 Å². The van der Waals surface area contributed by atoms with Gasteiger partial charge in [-0.3, -0.25) is 9.59 Å². The van der Waals surface area contributed by atoms with Crippen LogP contribution >= 0.6 is 0 Å². The van der Waals surface area contributed by atoms with E-state index in [1.54, 1.807) is 17.9 Å². The van der Waals surface area contributed by atoms with Gasteiger partial charge in [0.25, 0.3) is 5.91 Å². The van der Waals surface area contributed by atoms with Gasteiger partial charge in [-0.15, -0.1) is 0 Å². The van der Waals surface area contributed by atoms with Crippen LogP contribution in [0.5, 0.6) is 0 Å². The third kappa shape index (κ3) is 3.37. The van der Waals surface area contributed by atoms with Crippen molar-refractivity contribution in [3.63, 3.8) is 0 Å². The molecule has 1 N–H and O–H groups in total. The Hall–Kier alpha value is -2.60. The molecule has 0 saturated carbocycles. The maximum atomic E-state index is 13.1. The lowest BCUT2D eigenvalue weighted by molar-refractivity contribution is -0.124. The van der Waals surface area contributed by atoms with E-state index in [9.17, 15) is 9.59 Å². The van der Waals surface area contributed by atoms with E-state index in [0.29, 0.717) is 37.6 Å². The van der Waals surface area contributed by atoms with Crippen molar-refractivity contribution >= 4 is 17.5 Å². The molecule has 2 fully saturated rings. The third-order valence-electron chi connectivity index (χ3n) is 5.87. The van der Waals surface area contributed by atoms with E-state index in [0.717, 1.165) is 18.5 Å². The van der Waals surface area contributed by atoms with Gasteiger partial charge in [0.05, 0.1) is 17.7 Å². The molecule has 2 aromatic rings. The van der Waals surface area contributed by atoms with E-state index in [2.05, 4.69) is 5.32 Å². The van der Waals surface area contributed by atoms with Gasteiger partial charge < -0.3 is 19.4 Å². The highest BCUT2D eigenvalue weighted by molar-refractivity contribution is 5.97. The second-order valence-corrected chi connectivity index (χ2v) is 7.46. The highest BCUT2D eigenvalue weighted by atomic mass is 16.5. The summed E-state index contributed by atoms with van der Waals surface area (Å²) in [4.78, 5) is 27.9. The minimum atomic E-state index is -0.252. The van der Waals surface area contributed by atoms with Crippen molar-refractivity contribution in [2.75, 3.05) is 31.6 Å². The molecule has 142 valence electrons. The summed E-state index contributed by atoms with van der Waals surface area (Å²) in [6, 6.07) is 11.2. The predicted octanol–water partition coefficient (Wildman–Crippen LogP) is 3.10. The van der Waals surface area contributed by atoms with Crippen LogP contribution in [-0.2, 0) is 9.53 Å². The second-order valence-electron chi connectivity index (χ2n) is 7.46. The number of amides is 2. The maximum Gasteiger partial charge on any atom is 0.257 e. The average Bonchev–Trinajstić information content (AvgIpc) is 3.27. The molecule has 0 unspecified atom stereocenters. The summed E-state index contributed by atoms with van der Waals surface area (Å²) in [5, 5.41) is 3.02. The fourth-order valence-electron chi connectivity index (χ4n) is 4.30. The summed E-state index contributed by atoms with van der Waals surface area (Å²) in [7, 11) is 0. The molecule has 0 aliphatic carbocycles. The van der Waals surface area contributed by atoms with E-state index in [1.165, 1.54) is 6.26 Å². The predicted molar refractivity (Wildman–Crippen MR) is 100 cm³/mol. The van der Waals surface area contributed by atoms with Crippen molar-refractivity contribution in [1.82, 2.24) is 4.90 Å². The van der Waals surface area contributed by atoms with Crippen LogP contribution in [0.1, 0.15) is 29.0 Å². The van der Waals surface area contributed by atoms with Gasteiger partial charge in [-0.05, 0) is 38.0 Å². The zero-order valence-corrected chi connectivity index (χ0v) is 15.4. The number of hydrogen-bond acceptors (Lipinski definition) is 4. The molecule has 2 aliphatic rings. The van der Waals surface area contributed by atoms with Gasteiger partial charge in [-0.25, -0.2) is 0 Å². The summed E-state index contributed by atoms with van der Waals surface area (Å²) in [6.45, 7) is 4.03. The minimum Gasteiger partial charge on any atom is -0.469 e. The van der Waals surface area contributed by atoms with Crippen LogP contribution in [-0.4, -0.2) is 43.0 Å². The molecule has 27 heavy (non-hydrogen) atoms. The average molecular weight is 368 g/mol. The molecule has 1 atom stereocenters. The highest BCUT2D eigenvalue weighted by Gasteiger charge is 2.52. The van der Waals surface area contributed by atoms with Crippen molar-refractivity contribution in [2.45, 2.75) is 19.8 Å².